The lowest BCUT2D eigenvalue weighted by Gasteiger charge is -2.26. The number of carbonyl (C=O) groups excluding carboxylic acids is 1. The molecular weight excluding hydrogens is 296 g/mol. The number of hydrogen-bond acceptors (Lipinski definition) is 5. The molecule has 0 bridgehead atoms. The fourth-order valence-electron chi connectivity index (χ4n) is 2.93. The topological polar surface area (TPSA) is 110 Å². The first-order valence-corrected chi connectivity index (χ1v) is 8.14. The molecule has 2 aliphatic carbocycles. The van der Waals surface area contributed by atoms with Gasteiger partial charge in [0.05, 0.1) is 4.92 Å². The number of benzene rings is 1. The number of rotatable bonds is 5. The molecule has 1 aromatic carbocycles. The third kappa shape index (κ3) is 3.98. The van der Waals surface area contributed by atoms with Crippen LogP contribution in [0.25, 0.3) is 0 Å². The van der Waals surface area contributed by atoms with Gasteiger partial charge in [0.15, 0.2) is 0 Å². The minimum atomic E-state index is -0.443. The SMILES string of the molecule is NC1CCC(NC(=O)c2ccc(NC3CC3)c([N+](=O)[O-])c2)CC1. The van der Waals surface area contributed by atoms with Gasteiger partial charge in [0.2, 0.25) is 0 Å². The Morgan fingerprint density at radius 2 is 1.78 bits per heavy atom. The van der Waals surface area contributed by atoms with Crippen LogP contribution in [0.3, 0.4) is 0 Å². The smallest absolute Gasteiger partial charge is 0.293 e. The summed E-state index contributed by atoms with van der Waals surface area (Å²) in [6.45, 7) is 0. The van der Waals surface area contributed by atoms with Gasteiger partial charge in [0.25, 0.3) is 11.6 Å². The molecule has 0 aliphatic heterocycles. The standard InChI is InChI=1S/C16H22N4O3/c17-11-2-4-13(5-3-11)19-16(21)10-1-8-14(18-12-6-7-12)15(9-10)20(22)23/h1,8-9,11-13,18H,2-7,17H2,(H,19,21). The van der Waals surface area contributed by atoms with E-state index in [1.54, 1.807) is 12.1 Å². The second-order valence-electron chi connectivity index (χ2n) is 6.49. The molecule has 2 fully saturated rings. The molecule has 4 N–H and O–H groups in total. The molecule has 7 nitrogen and oxygen atoms in total. The van der Waals surface area contributed by atoms with E-state index in [2.05, 4.69) is 10.6 Å². The van der Waals surface area contributed by atoms with Crippen molar-refractivity contribution in [2.45, 2.75) is 56.7 Å². The first-order valence-electron chi connectivity index (χ1n) is 8.14. The van der Waals surface area contributed by atoms with E-state index < -0.39 is 4.92 Å². The quantitative estimate of drug-likeness (QED) is 0.569. The molecule has 0 aromatic heterocycles. The van der Waals surface area contributed by atoms with Gasteiger partial charge in [0.1, 0.15) is 5.69 Å². The van der Waals surface area contributed by atoms with Crippen LogP contribution in [0, 0.1) is 10.1 Å². The third-order valence-electron chi connectivity index (χ3n) is 4.50. The van der Waals surface area contributed by atoms with Gasteiger partial charge in [0, 0.05) is 29.8 Å². The van der Waals surface area contributed by atoms with Crippen LogP contribution in [0.5, 0.6) is 0 Å². The number of nitrogens with zero attached hydrogens (tertiary/aromatic N) is 1. The van der Waals surface area contributed by atoms with Crippen molar-refractivity contribution < 1.29 is 9.72 Å². The molecule has 0 radical (unpaired) electrons. The predicted molar refractivity (Wildman–Crippen MR) is 87.4 cm³/mol. The Bertz CT molecular complexity index is 607. The number of hydrogen-bond donors (Lipinski definition) is 3. The fraction of sp³-hybridized carbons (Fsp3) is 0.562. The number of nitro benzene ring substituents is 1. The average Bonchev–Trinajstić information content (AvgIpc) is 3.33. The van der Waals surface area contributed by atoms with Gasteiger partial charge in [-0.2, -0.15) is 0 Å². The molecule has 0 heterocycles. The Labute approximate surface area is 134 Å². The largest absolute Gasteiger partial charge is 0.377 e. The van der Waals surface area contributed by atoms with Gasteiger partial charge in [-0.05, 0) is 50.7 Å². The minimum Gasteiger partial charge on any atom is -0.377 e. The van der Waals surface area contributed by atoms with Crippen LogP contribution >= 0.6 is 0 Å². The Morgan fingerprint density at radius 1 is 1.13 bits per heavy atom. The molecule has 7 heteroatoms. The molecular formula is C16H22N4O3. The summed E-state index contributed by atoms with van der Waals surface area (Å²) in [5.41, 5.74) is 6.62. The van der Waals surface area contributed by atoms with Crippen molar-refractivity contribution in [1.82, 2.24) is 5.32 Å². The van der Waals surface area contributed by atoms with Crippen molar-refractivity contribution >= 4 is 17.3 Å². The van der Waals surface area contributed by atoms with Crippen LogP contribution in [0.2, 0.25) is 0 Å². The molecule has 1 aromatic rings. The second kappa shape index (κ2) is 6.54. The molecule has 124 valence electrons. The van der Waals surface area contributed by atoms with Crippen LogP contribution < -0.4 is 16.4 Å². The monoisotopic (exact) mass is 318 g/mol. The predicted octanol–water partition coefficient (Wildman–Crippen LogP) is 2.17. The van der Waals surface area contributed by atoms with Crippen LogP contribution in [-0.2, 0) is 0 Å². The van der Waals surface area contributed by atoms with E-state index in [0.717, 1.165) is 38.5 Å². The first-order chi connectivity index (χ1) is 11.0. The Balaban J connectivity index is 1.69. The van der Waals surface area contributed by atoms with Crippen molar-refractivity contribution in [3.63, 3.8) is 0 Å². The average molecular weight is 318 g/mol. The molecule has 0 spiro atoms. The Kier molecular flexibility index (Phi) is 4.47. The third-order valence-corrected chi connectivity index (χ3v) is 4.50. The number of carbonyl (C=O) groups is 1. The summed E-state index contributed by atoms with van der Waals surface area (Å²) in [6, 6.07) is 5.26. The maximum Gasteiger partial charge on any atom is 0.293 e. The van der Waals surface area contributed by atoms with Crippen molar-refractivity contribution in [2.24, 2.45) is 5.73 Å². The molecule has 3 rings (SSSR count). The number of nitrogens with one attached hydrogen (secondary N) is 2. The van der Waals surface area contributed by atoms with E-state index in [1.807, 2.05) is 0 Å². The zero-order valence-electron chi connectivity index (χ0n) is 13.0. The van der Waals surface area contributed by atoms with Crippen molar-refractivity contribution in [2.75, 3.05) is 5.32 Å². The van der Waals surface area contributed by atoms with Gasteiger partial charge in [-0.3, -0.25) is 14.9 Å². The summed E-state index contributed by atoms with van der Waals surface area (Å²) in [7, 11) is 0. The van der Waals surface area contributed by atoms with E-state index in [0.29, 0.717) is 17.3 Å². The number of amides is 1. The lowest BCUT2D eigenvalue weighted by atomic mass is 9.91. The second-order valence-corrected chi connectivity index (χ2v) is 6.49. The van der Waals surface area contributed by atoms with E-state index in [9.17, 15) is 14.9 Å². The number of nitrogens with two attached hydrogens (primary N) is 1. The van der Waals surface area contributed by atoms with Crippen molar-refractivity contribution in [3.05, 3.63) is 33.9 Å². The highest BCUT2D eigenvalue weighted by Crippen LogP contribution is 2.31. The van der Waals surface area contributed by atoms with Gasteiger partial charge in [-0.25, -0.2) is 0 Å². The summed E-state index contributed by atoms with van der Waals surface area (Å²) < 4.78 is 0. The first kappa shape index (κ1) is 15.7. The molecule has 2 saturated carbocycles. The van der Waals surface area contributed by atoms with Crippen LogP contribution in [0.1, 0.15) is 48.9 Å². The lowest BCUT2D eigenvalue weighted by molar-refractivity contribution is -0.384. The van der Waals surface area contributed by atoms with E-state index in [4.69, 9.17) is 5.73 Å². The summed E-state index contributed by atoms with van der Waals surface area (Å²) in [6.07, 6.45) is 5.57. The van der Waals surface area contributed by atoms with Gasteiger partial charge in [-0.15, -0.1) is 0 Å². The van der Waals surface area contributed by atoms with Crippen molar-refractivity contribution in [3.8, 4) is 0 Å². The summed E-state index contributed by atoms with van der Waals surface area (Å²) in [5, 5.41) is 17.3. The molecule has 0 saturated heterocycles. The lowest BCUT2D eigenvalue weighted by Crippen LogP contribution is -2.40. The molecule has 0 unspecified atom stereocenters. The highest BCUT2D eigenvalue weighted by Gasteiger charge is 2.26. The summed E-state index contributed by atoms with van der Waals surface area (Å²) in [5.74, 6) is -0.258. The molecule has 1 amide bonds. The van der Waals surface area contributed by atoms with E-state index in [1.165, 1.54) is 6.07 Å². The Morgan fingerprint density at radius 3 is 2.39 bits per heavy atom. The zero-order chi connectivity index (χ0) is 16.4. The van der Waals surface area contributed by atoms with Crippen LogP contribution in [0.15, 0.2) is 18.2 Å². The normalized spacial score (nSPS) is 24.0. The van der Waals surface area contributed by atoms with Crippen LogP contribution in [0.4, 0.5) is 11.4 Å². The van der Waals surface area contributed by atoms with Crippen LogP contribution in [-0.4, -0.2) is 29.0 Å². The minimum absolute atomic E-state index is 0.0461. The molecule has 0 atom stereocenters. The highest BCUT2D eigenvalue weighted by molar-refractivity contribution is 5.96. The van der Waals surface area contributed by atoms with E-state index >= 15 is 0 Å². The highest BCUT2D eigenvalue weighted by atomic mass is 16.6. The molecule has 23 heavy (non-hydrogen) atoms. The summed E-state index contributed by atoms with van der Waals surface area (Å²) >= 11 is 0. The fourth-order valence-corrected chi connectivity index (χ4v) is 2.93. The maximum absolute atomic E-state index is 12.3. The van der Waals surface area contributed by atoms with Gasteiger partial charge < -0.3 is 16.4 Å². The van der Waals surface area contributed by atoms with Crippen molar-refractivity contribution in [1.29, 1.82) is 0 Å². The maximum atomic E-state index is 12.3. The van der Waals surface area contributed by atoms with Gasteiger partial charge in [-0.1, -0.05) is 0 Å². The molecule has 2 aliphatic rings. The van der Waals surface area contributed by atoms with E-state index in [-0.39, 0.29) is 23.7 Å². The Hall–Kier alpha value is -2.15. The zero-order valence-corrected chi connectivity index (χ0v) is 13.0. The number of nitro groups is 1. The van der Waals surface area contributed by atoms with Gasteiger partial charge >= 0.3 is 0 Å². The number of anilines is 1. The summed E-state index contributed by atoms with van der Waals surface area (Å²) in [4.78, 5) is 23.1.